The lowest BCUT2D eigenvalue weighted by atomic mass is 10.2. The first-order valence-electron chi connectivity index (χ1n) is 7.16. The molecule has 0 atom stereocenters. The first kappa shape index (κ1) is 18.4. The summed E-state index contributed by atoms with van der Waals surface area (Å²) in [6.45, 7) is 6.18. The minimum atomic E-state index is -0.647. The molecule has 0 aromatic heterocycles. The predicted octanol–water partition coefficient (Wildman–Crippen LogP) is 3.91. The smallest absolute Gasteiger partial charge is 0.304 e. The molecule has 0 spiro atoms. The molecule has 22 heavy (non-hydrogen) atoms. The van der Waals surface area contributed by atoms with E-state index in [-0.39, 0.29) is 17.5 Å². The van der Waals surface area contributed by atoms with Gasteiger partial charge in [-0.2, -0.15) is 0 Å². The molecule has 0 heterocycles. The van der Waals surface area contributed by atoms with E-state index in [9.17, 15) is 14.0 Å². The van der Waals surface area contributed by atoms with Crippen molar-refractivity contribution in [3.05, 3.63) is 28.5 Å². The number of rotatable bonds is 5. The minimum Gasteiger partial charge on any atom is -0.304 e. The van der Waals surface area contributed by atoms with Crippen molar-refractivity contribution in [3.8, 4) is 0 Å². The van der Waals surface area contributed by atoms with E-state index < -0.39 is 11.8 Å². The lowest BCUT2D eigenvalue weighted by Crippen LogP contribution is -2.49. The normalized spacial score (nSPS) is 10.5. The van der Waals surface area contributed by atoms with Gasteiger partial charge in [0.25, 0.3) is 0 Å². The number of hydrogen-bond acceptors (Lipinski definition) is 2. The second-order valence-electron chi connectivity index (χ2n) is 5.34. The number of anilines is 1. The summed E-state index contributed by atoms with van der Waals surface area (Å²) in [5.74, 6) is -0.520. The maximum absolute atomic E-state index is 13.7. The van der Waals surface area contributed by atoms with Gasteiger partial charge in [0.05, 0.1) is 5.69 Å². The van der Waals surface area contributed by atoms with Crippen LogP contribution < -0.4 is 10.7 Å². The van der Waals surface area contributed by atoms with E-state index in [1.54, 1.807) is 6.07 Å². The third kappa shape index (κ3) is 6.01. The SMILES string of the molecule is CCCC(=O)N(CC(C)C)NC(=O)Nc1ccc(Br)cc1F. The number of hydrazine groups is 1. The highest BCUT2D eigenvalue weighted by atomic mass is 79.9. The lowest BCUT2D eigenvalue weighted by Gasteiger charge is -2.25. The van der Waals surface area contributed by atoms with Crippen molar-refractivity contribution < 1.29 is 14.0 Å². The van der Waals surface area contributed by atoms with Gasteiger partial charge < -0.3 is 5.32 Å². The van der Waals surface area contributed by atoms with E-state index in [1.807, 2.05) is 20.8 Å². The van der Waals surface area contributed by atoms with Crippen molar-refractivity contribution in [3.63, 3.8) is 0 Å². The molecule has 0 aliphatic rings. The molecular weight excluding hydrogens is 353 g/mol. The van der Waals surface area contributed by atoms with Gasteiger partial charge in [-0.25, -0.2) is 14.6 Å². The van der Waals surface area contributed by atoms with Gasteiger partial charge in [-0.3, -0.25) is 9.80 Å². The monoisotopic (exact) mass is 373 g/mol. The number of carbonyl (C=O) groups is 2. The van der Waals surface area contributed by atoms with E-state index in [1.165, 1.54) is 17.1 Å². The van der Waals surface area contributed by atoms with Gasteiger partial charge in [0, 0.05) is 17.4 Å². The highest BCUT2D eigenvalue weighted by Gasteiger charge is 2.17. The number of halogens is 2. The van der Waals surface area contributed by atoms with Gasteiger partial charge in [-0.05, 0) is 30.5 Å². The Labute approximate surface area is 138 Å². The quantitative estimate of drug-likeness (QED) is 0.768. The van der Waals surface area contributed by atoms with Gasteiger partial charge in [-0.1, -0.05) is 36.7 Å². The number of nitrogens with zero attached hydrogens (tertiary/aromatic N) is 1. The Bertz CT molecular complexity index is 538. The van der Waals surface area contributed by atoms with E-state index in [2.05, 4.69) is 26.7 Å². The summed E-state index contributed by atoms with van der Waals surface area (Å²) in [7, 11) is 0. The topological polar surface area (TPSA) is 61.4 Å². The molecule has 122 valence electrons. The summed E-state index contributed by atoms with van der Waals surface area (Å²) in [4.78, 5) is 23.9. The van der Waals surface area contributed by atoms with Crippen LogP contribution in [0.2, 0.25) is 0 Å². The number of hydrogen-bond donors (Lipinski definition) is 2. The van der Waals surface area contributed by atoms with Crippen LogP contribution in [0.5, 0.6) is 0 Å². The Morgan fingerprint density at radius 3 is 2.59 bits per heavy atom. The fourth-order valence-electron chi connectivity index (χ4n) is 1.79. The van der Waals surface area contributed by atoms with Crippen molar-refractivity contribution in [2.24, 2.45) is 5.92 Å². The first-order valence-corrected chi connectivity index (χ1v) is 7.95. The van der Waals surface area contributed by atoms with Gasteiger partial charge in [0.15, 0.2) is 0 Å². The molecule has 0 radical (unpaired) electrons. The van der Waals surface area contributed by atoms with Crippen molar-refractivity contribution in [1.29, 1.82) is 0 Å². The summed E-state index contributed by atoms with van der Waals surface area (Å²) in [5.41, 5.74) is 2.53. The summed E-state index contributed by atoms with van der Waals surface area (Å²) < 4.78 is 14.3. The van der Waals surface area contributed by atoms with Crippen LogP contribution in [0.3, 0.4) is 0 Å². The third-order valence-corrected chi connectivity index (χ3v) is 3.22. The Morgan fingerprint density at radius 2 is 2.05 bits per heavy atom. The molecule has 0 unspecified atom stereocenters. The number of benzene rings is 1. The Balaban J connectivity index is 2.71. The Morgan fingerprint density at radius 1 is 1.36 bits per heavy atom. The third-order valence-electron chi connectivity index (χ3n) is 2.73. The molecule has 0 saturated heterocycles. The second kappa shape index (κ2) is 8.73. The first-order chi connectivity index (χ1) is 10.3. The van der Waals surface area contributed by atoms with Gasteiger partial charge in [0.2, 0.25) is 5.91 Å². The second-order valence-corrected chi connectivity index (χ2v) is 6.25. The van der Waals surface area contributed by atoms with Gasteiger partial charge in [-0.15, -0.1) is 0 Å². The zero-order valence-corrected chi connectivity index (χ0v) is 14.5. The molecule has 0 aliphatic heterocycles. The molecule has 1 aromatic rings. The zero-order valence-electron chi connectivity index (χ0n) is 13.0. The van der Waals surface area contributed by atoms with Crippen LogP contribution in [0, 0.1) is 11.7 Å². The maximum atomic E-state index is 13.7. The predicted molar refractivity (Wildman–Crippen MR) is 87.7 cm³/mol. The summed E-state index contributed by atoms with van der Waals surface area (Å²) in [6.07, 6.45) is 1.04. The summed E-state index contributed by atoms with van der Waals surface area (Å²) in [6, 6.07) is 3.67. The fraction of sp³-hybridized carbons (Fsp3) is 0.467. The molecular formula is C15H21BrFN3O2. The number of nitrogens with one attached hydrogen (secondary N) is 2. The molecule has 1 aromatic carbocycles. The van der Waals surface area contributed by atoms with E-state index in [0.717, 1.165) is 0 Å². The minimum absolute atomic E-state index is 0.0492. The van der Waals surface area contributed by atoms with Crippen LogP contribution in [-0.4, -0.2) is 23.5 Å². The molecule has 0 bridgehead atoms. The standard InChI is InChI=1S/C15H21BrFN3O2/c1-4-5-14(21)20(9-10(2)3)19-15(22)18-13-7-6-11(16)8-12(13)17/h6-8,10H,4-5,9H2,1-3H3,(H2,18,19,22). The molecule has 0 aliphatic carbocycles. The molecule has 7 heteroatoms. The average molecular weight is 374 g/mol. The number of urea groups is 1. The van der Waals surface area contributed by atoms with E-state index in [4.69, 9.17) is 0 Å². The average Bonchev–Trinajstić information content (AvgIpc) is 2.41. The fourth-order valence-corrected chi connectivity index (χ4v) is 2.12. The van der Waals surface area contributed by atoms with Crippen molar-refractivity contribution in [2.75, 3.05) is 11.9 Å². The Hall–Kier alpha value is -1.63. The summed E-state index contributed by atoms with van der Waals surface area (Å²) >= 11 is 3.15. The van der Waals surface area contributed by atoms with Crippen LogP contribution in [-0.2, 0) is 4.79 Å². The maximum Gasteiger partial charge on any atom is 0.338 e. The number of amides is 3. The zero-order chi connectivity index (χ0) is 16.7. The van der Waals surface area contributed by atoms with Crippen molar-refractivity contribution in [1.82, 2.24) is 10.4 Å². The highest BCUT2D eigenvalue weighted by Crippen LogP contribution is 2.19. The van der Waals surface area contributed by atoms with Gasteiger partial charge in [0.1, 0.15) is 5.82 Å². The van der Waals surface area contributed by atoms with Crippen LogP contribution in [0.4, 0.5) is 14.9 Å². The lowest BCUT2D eigenvalue weighted by molar-refractivity contribution is -0.134. The van der Waals surface area contributed by atoms with E-state index >= 15 is 0 Å². The van der Waals surface area contributed by atoms with Crippen LogP contribution in [0.1, 0.15) is 33.6 Å². The van der Waals surface area contributed by atoms with Crippen LogP contribution in [0.15, 0.2) is 22.7 Å². The van der Waals surface area contributed by atoms with Crippen LogP contribution in [0.25, 0.3) is 0 Å². The molecule has 5 nitrogen and oxygen atoms in total. The van der Waals surface area contributed by atoms with Crippen molar-refractivity contribution in [2.45, 2.75) is 33.6 Å². The number of carbonyl (C=O) groups excluding carboxylic acids is 2. The Kier molecular flexibility index (Phi) is 7.31. The molecule has 2 N–H and O–H groups in total. The molecule has 0 fully saturated rings. The van der Waals surface area contributed by atoms with Crippen molar-refractivity contribution >= 4 is 33.6 Å². The van der Waals surface area contributed by atoms with E-state index in [0.29, 0.717) is 23.9 Å². The largest absolute Gasteiger partial charge is 0.338 e. The van der Waals surface area contributed by atoms with Crippen LogP contribution >= 0.6 is 15.9 Å². The molecule has 3 amide bonds. The molecule has 0 saturated carbocycles. The summed E-state index contributed by atoms with van der Waals surface area (Å²) in [5, 5.41) is 3.68. The van der Waals surface area contributed by atoms with Gasteiger partial charge >= 0.3 is 6.03 Å². The highest BCUT2D eigenvalue weighted by molar-refractivity contribution is 9.10. The molecule has 1 rings (SSSR count).